The van der Waals surface area contributed by atoms with E-state index in [0.29, 0.717) is 5.92 Å². The molecule has 1 spiro atoms. The number of nitrogens with zero attached hydrogens (tertiary/aromatic N) is 2. The number of likely N-dealkylation sites (tertiary alicyclic amines) is 2. The second-order valence-electron chi connectivity index (χ2n) is 8.63. The van der Waals surface area contributed by atoms with Crippen LogP contribution in [0.2, 0.25) is 0 Å². The summed E-state index contributed by atoms with van der Waals surface area (Å²) >= 11 is 0. The highest BCUT2D eigenvalue weighted by molar-refractivity contribution is 5.89. The predicted octanol–water partition coefficient (Wildman–Crippen LogP) is 2.39. The van der Waals surface area contributed by atoms with Crippen LogP contribution in [0.15, 0.2) is 30.3 Å². The van der Waals surface area contributed by atoms with Gasteiger partial charge in [0, 0.05) is 38.9 Å². The molecule has 1 saturated carbocycles. The molecule has 2 heterocycles. The van der Waals surface area contributed by atoms with E-state index >= 15 is 0 Å². The van der Waals surface area contributed by atoms with Crippen LogP contribution in [0.25, 0.3) is 0 Å². The second-order valence-corrected chi connectivity index (χ2v) is 8.63. The summed E-state index contributed by atoms with van der Waals surface area (Å²) in [6.45, 7) is 3.38. The highest BCUT2D eigenvalue weighted by Gasteiger charge is 2.63. The van der Waals surface area contributed by atoms with E-state index in [4.69, 9.17) is 0 Å². The van der Waals surface area contributed by atoms with Gasteiger partial charge in [-0.1, -0.05) is 18.2 Å². The average molecular weight is 370 g/mol. The molecule has 4 rings (SSSR count). The zero-order valence-corrected chi connectivity index (χ0v) is 16.3. The third kappa shape index (κ3) is 3.00. The Kier molecular flexibility index (Phi) is 4.62. The maximum Gasteiger partial charge on any atom is 0.321 e. The first-order chi connectivity index (χ1) is 13.0. The van der Waals surface area contributed by atoms with Gasteiger partial charge >= 0.3 is 6.03 Å². The lowest BCUT2D eigenvalue weighted by atomic mass is 9.65. The maximum atomic E-state index is 12.8. The zero-order chi connectivity index (χ0) is 19.1. The van der Waals surface area contributed by atoms with Gasteiger partial charge < -0.3 is 20.4 Å². The van der Waals surface area contributed by atoms with Crippen LogP contribution in [0.4, 0.5) is 10.5 Å². The summed E-state index contributed by atoms with van der Waals surface area (Å²) in [5, 5.41) is 5.92. The van der Waals surface area contributed by atoms with E-state index < -0.39 is 0 Å². The van der Waals surface area contributed by atoms with Gasteiger partial charge in [-0.15, -0.1) is 0 Å². The molecule has 2 aliphatic heterocycles. The molecule has 1 aromatic carbocycles. The standard InChI is InChI=1S/C21H30N4O2/c1-22-18(26)21-9-8-20(17(21)14-24(2)15-21)10-12-25(13-11-20)19(27)23-16-6-4-3-5-7-16/h3-7,17H,8-15H2,1-2H3,(H,22,26)(H,23,27)/t17-,21+/m0/s1. The Morgan fingerprint density at radius 2 is 1.78 bits per heavy atom. The first-order valence-corrected chi connectivity index (χ1v) is 10.0. The molecular weight excluding hydrogens is 340 g/mol. The van der Waals surface area contributed by atoms with E-state index in [2.05, 4.69) is 22.6 Å². The molecule has 3 aliphatic rings. The van der Waals surface area contributed by atoms with E-state index in [1.165, 1.54) is 0 Å². The Morgan fingerprint density at radius 1 is 1.07 bits per heavy atom. The van der Waals surface area contributed by atoms with Crippen LogP contribution in [0.5, 0.6) is 0 Å². The van der Waals surface area contributed by atoms with Crippen molar-refractivity contribution in [3.63, 3.8) is 0 Å². The van der Waals surface area contributed by atoms with Crippen LogP contribution >= 0.6 is 0 Å². The number of rotatable bonds is 2. The Morgan fingerprint density at radius 3 is 2.44 bits per heavy atom. The Bertz CT molecular complexity index is 714. The highest BCUT2D eigenvalue weighted by atomic mass is 16.2. The molecule has 2 atom stereocenters. The van der Waals surface area contributed by atoms with Crippen molar-refractivity contribution in [1.82, 2.24) is 15.1 Å². The van der Waals surface area contributed by atoms with Gasteiger partial charge in [-0.05, 0) is 56.2 Å². The van der Waals surface area contributed by atoms with Crippen LogP contribution in [-0.2, 0) is 4.79 Å². The quantitative estimate of drug-likeness (QED) is 0.840. The molecule has 0 radical (unpaired) electrons. The lowest BCUT2D eigenvalue weighted by Crippen LogP contribution is -2.50. The van der Waals surface area contributed by atoms with Gasteiger partial charge in [0.2, 0.25) is 5.91 Å². The smallest absolute Gasteiger partial charge is 0.321 e. The number of urea groups is 1. The molecule has 6 heteroatoms. The van der Waals surface area contributed by atoms with Gasteiger partial charge in [0.25, 0.3) is 0 Å². The number of nitrogens with one attached hydrogen (secondary N) is 2. The van der Waals surface area contributed by atoms with Gasteiger partial charge in [0.1, 0.15) is 0 Å². The van der Waals surface area contributed by atoms with Crippen LogP contribution in [0, 0.1) is 16.7 Å². The van der Waals surface area contributed by atoms with Crippen LogP contribution in [-0.4, -0.2) is 62.0 Å². The molecule has 3 amide bonds. The summed E-state index contributed by atoms with van der Waals surface area (Å²) in [6, 6.07) is 9.59. The summed E-state index contributed by atoms with van der Waals surface area (Å²) in [6.07, 6.45) is 4.06. The number of amides is 3. The minimum absolute atomic E-state index is 0.0184. The summed E-state index contributed by atoms with van der Waals surface area (Å²) in [5.74, 6) is 0.604. The molecule has 146 valence electrons. The van der Waals surface area contributed by atoms with Gasteiger partial charge in [-0.25, -0.2) is 4.79 Å². The van der Waals surface area contributed by atoms with Crippen LogP contribution in [0.1, 0.15) is 25.7 Å². The van der Waals surface area contributed by atoms with Crippen molar-refractivity contribution in [3.8, 4) is 0 Å². The molecule has 0 bridgehead atoms. The van der Waals surface area contributed by atoms with Crippen molar-refractivity contribution in [1.29, 1.82) is 0 Å². The lowest BCUT2D eigenvalue weighted by molar-refractivity contribution is -0.132. The molecule has 0 unspecified atom stereocenters. The summed E-state index contributed by atoms with van der Waals surface area (Å²) in [7, 11) is 3.88. The Labute approximate surface area is 161 Å². The minimum Gasteiger partial charge on any atom is -0.359 e. The highest BCUT2D eigenvalue weighted by Crippen LogP contribution is 2.61. The first-order valence-electron chi connectivity index (χ1n) is 10.0. The van der Waals surface area contributed by atoms with Gasteiger partial charge in [-0.3, -0.25) is 4.79 Å². The number of carbonyl (C=O) groups excluding carboxylic acids is 2. The molecule has 0 aromatic heterocycles. The topological polar surface area (TPSA) is 64.7 Å². The normalized spacial score (nSPS) is 29.6. The van der Waals surface area contributed by atoms with E-state index in [-0.39, 0.29) is 22.8 Å². The second kappa shape index (κ2) is 6.82. The monoisotopic (exact) mass is 370 g/mol. The number of hydrogen-bond acceptors (Lipinski definition) is 3. The third-order valence-electron chi connectivity index (χ3n) is 7.27. The van der Waals surface area contributed by atoms with Crippen molar-refractivity contribution in [2.75, 3.05) is 45.6 Å². The predicted molar refractivity (Wildman–Crippen MR) is 105 cm³/mol. The fourth-order valence-electron chi connectivity index (χ4n) is 5.89. The number of fused-ring (bicyclic) bond motifs is 2. The Balaban J connectivity index is 1.44. The Hall–Kier alpha value is -2.08. The van der Waals surface area contributed by atoms with Crippen molar-refractivity contribution < 1.29 is 9.59 Å². The third-order valence-corrected chi connectivity index (χ3v) is 7.27. The SMILES string of the molecule is CNC(=O)[C@@]12CCC3(CCN(C(=O)Nc4ccccc4)CC3)[C@@H]1CN(C)C2. The maximum absolute atomic E-state index is 12.8. The van der Waals surface area contributed by atoms with Crippen molar-refractivity contribution in [2.45, 2.75) is 25.7 Å². The van der Waals surface area contributed by atoms with Gasteiger partial charge in [0.05, 0.1) is 5.41 Å². The van der Waals surface area contributed by atoms with Crippen LogP contribution in [0.3, 0.4) is 0 Å². The molecule has 1 aromatic rings. The van der Waals surface area contributed by atoms with Crippen molar-refractivity contribution in [3.05, 3.63) is 30.3 Å². The summed E-state index contributed by atoms with van der Waals surface area (Å²) in [5.41, 5.74) is 0.790. The minimum atomic E-state index is -0.238. The van der Waals surface area contributed by atoms with Gasteiger partial charge in [0.15, 0.2) is 0 Å². The van der Waals surface area contributed by atoms with Crippen molar-refractivity contribution in [2.24, 2.45) is 16.7 Å². The molecule has 6 nitrogen and oxygen atoms in total. The molecule has 27 heavy (non-hydrogen) atoms. The van der Waals surface area contributed by atoms with E-state index in [0.717, 1.165) is 57.5 Å². The number of hydrogen-bond donors (Lipinski definition) is 2. The molecule has 3 fully saturated rings. The summed E-state index contributed by atoms with van der Waals surface area (Å²) < 4.78 is 0. The molecule has 2 N–H and O–H groups in total. The molecule has 2 saturated heterocycles. The average Bonchev–Trinajstić information content (AvgIpc) is 3.18. The zero-order valence-electron chi connectivity index (χ0n) is 16.3. The number of benzene rings is 1. The van der Waals surface area contributed by atoms with Crippen molar-refractivity contribution >= 4 is 17.6 Å². The molecule has 1 aliphatic carbocycles. The first kappa shape index (κ1) is 18.3. The number of anilines is 1. The lowest BCUT2D eigenvalue weighted by Gasteiger charge is -2.44. The number of carbonyl (C=O) groups is 2. The van der Waals surface area contributed by atoms with Crippen LogP contribution < -0.4 is 10.6 Å². The fourth-order valence-corrected chi connectivity index (χ4v) is 5.89. The summed E-state index contributed by atoms with van der Waals surface area (Å²) in [4.78, 5) is 29.6. The van der Waals surface area contributed by atoms with Gasteiger partial charge in [-0.2, -0.15) is 0 Å². The van der Waals surface area contributed by atoms with E-state index in [9.17, 15) is 9.59 Å². The largest absolute Gasteiger partial charge is 0.359 e. The van der Waals surface area contributed by atoms with E-state index in [1.54, 1.807) is 7.05 Å². The number of piperidine rings is 1. The fraction of sp³-hybridized carbons (Fsp3) is 0.619. The molecular formula is C21H30N4O2. The van der Waals surface area contributed by atoms with E-state index in [1.807, 2.05) is 35.2 Å². The number of para-hydroxylation sites is 1.